The van der Waals surface area contributed by atoms with Gasteiger partial charge in [0.2, 0.25) is 10.0 Å². The minimum absolute atomic E-state index is 0.0209. The van der Waals surface area contributed by atoms with Crippen molar-refractivity contribution in [1.82, 2.24) is 9.62 Å². The fourth-order valence-corrected chi connectivity index (χ4v) is 6.64. The first kappa shape index (κ1) is 27.9. The Kier molecular flexibility index (Phi) is 8.90. The minimum atomic E-state index is -4.02. The van der Waals surface area contributed by atoms with Crippen LogP contribution in [0.3, 0.4) is 0 Å². The maximum absolute atomic E-state index is 12.8. The standard InChI is InChI=1S/C25H26ClN3O7S2/c26-23-11-6-19(18-24(23)37(31,32)28-20-4-2-1-3-5-20)25(30)27-12-15-36-21-7-9-22(10-8-21)38(33,34)29-13-16-35-17-14-29/h1-11,18,28H,12-17H2,(H,27,30). The molecule has 1 aliphatic heterocycles. The highest BCUT2D eigenvalue weighted by atomic mass is 35.5. The average molecular weight is 580 g/mol. The predicted molar refractivity (Wildman–Crippen MR) is 143 cm³/mol. The van der Waals surface area contributed by atoms with E-state index in [0.29, 0.717) is 37.7 Å². The summed E-state index contributed by atoms with van der Waals surface area (Å²) in [5, 5.41) is 2.64. The summed E-state index contributed by atoms with van der Waals surface area (Å²) in [5.41, 5.74) is 0.475. The van der Waals surface area contributed by atoms with Crippen molar-refractivity contribution in [3.8, 4) is 5.75 Å². The van der Waals surface area contributed by atoms with E-state index < -0.39 is 26.0 Å². The van der Waals surface area contributed by atoms with Crippen molar-refractivity contribution in [2.24, 2.45) is 0 Å². The fourth-order valence-electron chi connectivity index (χ4n) is 3.65. The van der Waals surface area contributed by atoms with Crippen LogP contribution in [0, 0.1) is 0 Å². The summed E-state index contributed by atoms with van der Waals surface area (Å²) in [6.07, 6.45) is 0. The van der Waals surface area contributed by atoms with Gasteiger partial charge in [-0.25, -0.2) is 16.8 Å². The number of carbonyl (C=O) groups is 1. The molecule has 2 N–H and O–H groups in total. The van der Waals surface area contributed by atoms with Gasteiger partial charge in [-0.3, -0.25) is 9.52 Å². The number of para-hydroxylation sites is 1. The molecule has 1 aliphatic rings. The summed E-state index contributed by atoms with van der Waals surface area (Å²) in [6, 6.07) is 18.3. The summed E-state index contributed by atoms with van der Waals surface area (Å²) in [6.45, 7) is 1.58. The Bertz CT molecular complexity index is 1480. The summed E-state index contributed by atoms with van der Waals surface area (Å²) >= 11 is 6.11. The molecule has 3 aromatic carbocycles. The van der Waals surface area contributed by atoms with Gasteiger partial charge in [0.05, 0.1) is 29.7 Å². The number of anilines is 1. The van der Waals surface area contributed by atoms with Crippen LogP contribution in [0.5, 0.6) is 5.75 Å². The molecule has 0 aromatic heterocycles. The first-order valence-corrected chi connectivity index (χ1v) is 14.9. The van der Waals surface area contributed by atoms with Gasteiger partial charge in [0.15, 0.2) is 0 Å². The lowest BCUT2D eigenvalue weighted by Gasteiger charge is -2.26. The van der Waals surface area contributed by atoms with Crippen LogP contribution < -0.4 is 14.8 Å². The number of hydrogen-bond donors (Lipinski definition) is 2. The Morgan fingerprint density at radius 1 is 0.947 bits per heavy atom. The Hall–Kier alpha value is -3.16. The molecule has 0 spiro atoms. The van der Waals surface area contributed by atoms with Crippen LogP contribution in [0.4, 0.5) is 5.69 Å². The first-order valence-electron chi connectivity index (χ1n) is 11.6. The van der Waals surface area contributed by atoms with E-state index in [0.717, 1.165) is 0 Å². The molecule has 1 saturated heterocycles. The lowest BCUT2D eigenvalue weighted by atomic mass is 10.2. The van der Waals surface area contributed by atoms with E-state index in [-0.39, 0.29) is 33.5 Å². The fraction of sp³-hybridized carbons (Fsp3) is 0.240. The second kappa shape index (κ2) is 12.1. The zero-order chi connectivity index (χ0) is 27.2. The van der Waals surface area contributed by atoms with Gasteiger partial charge in [0.25, 0.3) is 15.9 Å². The molecule has 0 bridgehead atoms. The van der Waals surface area contributed by atoms with Crippen LogP contribution in [0.25, 0.3) is 0 Å². The van der Waals surface area contributed by atoms with Crippen LogP contribution in [0.1, 0.15) is 10.4 Å². The molecule has 4 rings (SSSR count). The number of morpholine rings is 1. The maximum atomic E-state index is 12.8. The van der Waals surface area contributed by atoms with Gasteiger partial charge in [-0.15, -0.1) is 0 Å². The highest BCUT2D eigenvalue weighted by Gasteiger charge is 2.26. The Morgan fingerprint density at radius 2 is 1.63 bits per heavy atom. The van der Waals surface area contributed by atoms with Gasteiger partial charge >= 0.3 is 0 Å². The second-order valence-electron chi connectivity index (χ2n) is 8.21. The molecule has 0 aliphatic carbocycles. The number of carbonyl (C=O) groups excluding carboxylic acids is 1. The highest BCUT2D eigenvalue weighted by molar-refractivity contribution is 7.92. The van der Waals surface area contributed by atoms with E-state index in [9.17, 15) is 21.6 Å². The zero-order valence-electron chi connectivity index (χ0n) is 20.2. The molecule has 38 heavy (non-hydrogen) atoms. The molecule has 0 saturated carbocycles. The van der Waals surface area contributed by atoms with Gasteiger partial charge in [-0.2, -0.15) is 4.31 Å². The zero-order valence-corrected chi connectivity index (χ0v) is 22.6. The summed E-state index contributed by atoms with van der Waals surface area (Å²) < 4.78 is 65.6. The number of rotatable bonds is 10. The summed E-state index contributed by atoms with van der Waals surface area (Å²) in [7, 11) is -7.62. The van der Waals surface area contributed by atoms with Crippen molar-refractivity contribution >= 4 is 43.2 Å². The second-order valence-corrected chi connectivity index (χ2v) is 12.2. The number of hydrogen-bond acceptors (Lipinski definition) is 7. The molecule has 3 aromatic rings. The molecule has 0 radical (unpaired) electrons. The largest absolute Gasteiger partial charge is 0.492 e. The molecule has 13 heteroatoms. The van der Waals surface area contributed by atoms with Gasteiger partial charge in [-0.1, -0.05) is 29.8 Å². The van der Waals surface area contributed by atoms with Crippen LogP contribution in [0.15, 0.2) is 82.6 Å². The van der Waals surface area contributed by atoms with Crippen molar-refractivity contribution in [2.75, 3.05) is 44.2 Å². The average Bonchev–Trinajstić information content (AvgIpc) is 2.92. The Morgan fingerprint density at radius 3 is 2.32 bits per heavy atom. The van der Waals surface area contributed by atoms with Crippen LogP contribution in [-0.4, -0.2) is 66.5 Å². The van der Waals surface area contributed by atoms with Crippen molar-refractivity contribution in [2.45, 2.75) is 9.79 Å². The molecule has 202 valence electrons. The number of amides is 1. The van der Waals surface area contributed by atoms with Gasteiger partial charge in [0, 0.05) is 24.3 Å². The van der Waals surface area contributed by atoms with Gasteiger partial charge in [-0.05, 0) is 54.6 Å². The number of benzene rings is 3. The van der Waals surface area contributed by atoms with Crippen molar-refractivity contribution in [3.05, 3.63) is 83.4 Å². The molecule has 1 fully saturated rings. The summed E-state index contributed by atoms with van der Waals surface area (Å²) in [5.74, 6) is -0.0691. The smallest absolute Gasteiger partial charge is 0.263 e. The van der Waals surface area contributed by atoms with Crippen molar-refractivity contribution in [3.63, 3.8) is 0 Å². The number of sulfonamides is 2. The lowest BCUT2D eigenvalue weighted by Crippen LogP contribution is -2.40. The van der Waals surface area contributed by atoms with E-state index in [1.165, 1.54) is 34.6 Å². The van der Waals surface area contributed by atoms with Crippen LogP contribution in [0.2, 0.25) is 5.02 Å². The molecule has 0 atom stereocenters. The van der Waals surface area contributed by atoms with E-state index in [4.69, 9.17) is 21.1 Å². The van der Waals surface area contributed by atoms with Crippen LogP contribution >= 0.6 is 11.6 Å². The molecular weight excluding hydrogens is 554 g/mol. The van der Waals surface area contributed by atoms with E-state index in [1.54, 1.807) is 42.5 Å². The first-order chi connectivity index (χ1) is 18.2. The van der Waals surface area contributed by atoms with Crippen molar-refractivity contribution < 1.29 is 31.1 Å². The molecule has 1 heterocycles. The monoisotopic (exact) mass is 579 g/mol. The topological polar surface area (TPSA) is 131 Å². The molecule has 10 nitrogen and oxygen atoms in total. The SMILES string of the molecule is O=C(NCCOc1ccc(S(=O)(=O)N2CCOCC2)cc1)c1ccc(Cl)c(S(=O)(=O)Nc2ccccc2)c1. The minimum Gasteiger partial charge on any atom is -0.492 e. The molecule has 1 amide bonds. The highest BCUT2D eigenvalue weighted by Crippen LogP contribution is 2.25. The number of ether oxygens (including phenoxy) is 2. The number of halogens is 1. The third-order valence-electron chi connectivity index (χ3n) is 5.60. The number of nitrogens with zero attached hydrogens (tertiary/aromatic N) is 1. The van der Waals surface area contributed by atoms with Gasteiger partial charge < -0.3 is 14.8 Å². The Balaban J connectivity index is 1.31. The lowest BCUT2D eigenvalue weighted by molar-refractivity contribution is 0.0730. The van der Waals surface area contributed by atoms with Crippen LogP contribution in [-0.2, 0) is 24.8 Å². The molecular formula is C25H26ClN3O7S2. The molecule has 0 unspecified atom stereocenters. The quantitative estimate of drug-likeness (QED) is 0.353. The predicted octanol–water partition coefficient (Wildman–Crippen LogP) is 2.97. The van der Waals surface area contributed by atoms with E-state index in [2.05, 4.69) is 10.0 Å². The van der Waals surface area contributed by atoms with Crippen molar-refractivity contribution in [1.29, 1.82) is 0 Å². The third-order valence-corrected chi connectivity index (χ3v) is 9.37. The maximum Gasteiger partial charge on any atom is 0.263 e. The van der Waals surface area contributed by atoms with E-state index in [1.807, 2.05) is 0 Å². The third kappa shape index (κ3) is 6.83. The van der Waals surface area contributed by atoms with Gasteiger partial charge in [0.1, 0.15) is 17.3 Å². The Labute approximate surface area is 226 Å². The summed E-state index contributed by atoms with van der Waals surface area (Å²) in [4.78, 5) is 12.5. The van der Waals surface area contributed by atoms with E-state index >= 15 is 0 Å². The normalized spacial score (nSPS) is 14.6. The number of nitrogens with one attached hydrogen (secondary N) is 2.